The number of aromatic nitrogens is 1. The molecule has 0 unspecified atom stereocenters. The molecule has 3 aromatic rings. The minimum absolute atomic E-state index is 0.00456. The van der Waals surface area contributed by atoms with Gasteiger partial charge in [-0.15, -0.1) is 11.3 Å². The van der Waals surface area contributed by atoms with Crippen molar-refractivity contribution in [1.82, 2.24) is 4.98 Å². The van der Waals surface area contributed by atoms with Crippen molar-refractivity contribution in [2.75, 3.05) is 5.32 Å². The molecule has 0 aliphatic heterocycles. The van der Waals surface area contributed by atoms with Crippen LogP contribution in [-0.2, 0) is 0 Å². The van der Waals surface area contributed by atoms with Gasteiger partial charge in [-0.05, 0) is 34.7 Å². The molecular formula is C16H10IN3O3S. The van der Waals surface area contributed by atoms with Crippen molar-refractivity contribution in [3.8, 4) is 11.3 Å². The van der Waals surface area contributed by atoms with Gasteiger partial charge in [0.25, 0.3) is 11.6 Å². The predicted molar refractivity (Wildman–Crippen MR) is 101 cm³/mol. The average Bonchev–Trinajstić information content (AvgIpc) is 3.04. The van der Waals surface area contributed by atoms with Crippen LogP contribution in [0.15, 0.2) is 53.9 Å². The standard InChI is InChI=1S/C16H10IN3O3S/c17-13-7-2-1-6-12(13)15(21)19-16-18-14(9-24-16)10-4-3-5-11(8-10)20(22)23/h1-9H,(H,18,19,21). The Morgan fingerprint density at radius 3 is 2.75 bits per heavy atom. The highest BCUT2D eigenvalue weighted by Gasteiger charge is 2.13. The van der Waals surface area contributed by atoms with Crippen molar-refractivity contribution in [2.24, 2.45) is 0 Å². The Kier molecular flexibility index (Phi) is 4.86. The lowest BCUT2D eigenvalue weighted by molar-refractivity contribution is -0.384. The monoisotopic (exact) mass is 451 g/mol. The Labute approximate surface area is 154 Å². The summed E-state index contributed by atoms with van der Waals surface area (Å²) in [5.41, 5.74) is 1.80. The number of hydrogen-bond donors (Lipinski definition) is 1. The van der Waals surface area contributed by atoms with Gasteiger partial charge in [0.1, 0.15) is 0 Å². The quantitative estimate of drug-likeness (QED) is 0.358. The molecule has 24 heavy (non-hydrogen) atoms. The van der Waals surface area contributed by atoms with Crippen LogP contribution in [-0.4, -0.2) is 15.8 Å². The van der Waals surface area contributed by atoms with Gasteiger partial charge in [-0.25, -0.2) is 4.98 Å². The number of carbonyl (C=O) groups is 1. The number of benzene rings is 2. The van der Waals surface area contributed by atoms with E-state index in [1.165, 1.54) is 23.5 Å². The summed E-state index contributed by atoms with van der Waals surface area (Å²) in [7, 11) is 0. The number of amides is 1. The van der Waals surface area contributed by atoms with Crippen LogP contribution < -0.4 is 5.32 Å². The number of nitrogens with zero attached hydrogens (tertiary/aromatic N) is 2. The Morgan fingerprint density at radius 2 is 2.00 bits per heavy atom. The summed E-state index contributed by atoms with van der Waals surface area (Å²) in [6.07, 6.45) is 0. The molecule has 1 amide bonds. The van der Waals surface area contributed by atoms with Gasteiger partial charge in [-0.1, -0.05) is 24.3 Å². The number of rotatable bonds is 4. The zero-order valence-corrected chi connectivity index (χ0v) is 15.1. The van der Waals surface area contributed by atoms with Crippen LogP contribution in [0.1, 0.15) is 10.4 Å². The molecule has 0 saturated heterocycles. The molecule has 0 aliphatic rings. The lowest BCUT2D eigenvalue weighted by atomic mass is 10.1. The first-order valence-corrected chi connectivity index (χ1v) is 8.76. The van der Waals surface area contributed by atoms with E-state index in [4.69, 9.17) is 0 Å². The molecule has 0 spiro atoms. The molecular weight excluding hydrogens is 441 g/mol. The normalized spacial score (nSPS) is 10.4. The molecule has 0 aliphatic carbocycles. The fourth-order valence-corrected chi connectivity index (χ4v) is 3.40. The largest absolute Gasteiger partial charge is 0.298 e. The van der Waals surface area contributed by atoms with E-state index in [0.29, 0.717) is 22.0 Å². The van der Waals surface area contributed by atoms with E-state index in [1.54, 1.807) is 29.6 Å². The van der Waals surface area contributed by atoms with E-state index >= 15 is 0 Å². The maximum atomic E-state index is 12.3. The van der Waals surface area contributed by atoms with Crippen LogP contribution >= 0.6 is 33.9 Å². The van der Waals surface area contributed by atoms with Gasteiger partial charge in [0.15, 0.2) is 5.13 Å². The van der Waals surface area contributed by atoms with Crippen LogP contribution in [0, 0.1) is 13.7 Å². The first-order valence-electron chi connectivity index (χ1n) is 6.81. The van der Waals surface area contributed by atoms with Crippen LogP contribution in [0.5, 0.6) is 0 Å². The maximum Gasteiger partial charge on any atom is 0.270 e. The highest BCUT2D eigenvalue weighted by Crippen LogP contribution is 2.27. The number of anilines is 1. The molecule has 8 heteroatoms. The lowest BCUT2D eigenvalue weighted by Crippen LogP contribution is -2.13. The van der Waals surface area contributed by atoms with Crippen LogP contribution in [0.25, 0.3) is 11.3 Å². The third-order valence-electron chi connectivity index (χ3n) is 3.20. The summed E-state index contributed by atoms with van der Waals surface area (Å²) in [6.45, 7) is 0. The minimum atomic E-state index is -0.449. The zero-order valence-electron chi connectivity index (χ0n) is 12.1. The van der Waals surface area contributed by atoms with E-state index in [9.17, 15) is 14.9 Å². The molecule has 2 aromatic carbocycles. The van der Waals surface area contributed by atoms with Gasteiger partial charge in [-0.2, -0.15) is 0 Å². The molecule has 1 aromatic heterocycles. The van der Waals surface area contributed by atoms with Crippen molar-refractivity contribution in [2.45, 2.75) is 0 Å². The number of nitrogens with one attached hydrogen (secondary N) is 1. The number of nitro groups is 1. The zero-order chi connectivity index (χ0) is 17.1. The molecule has 6 nitrogen and oxygen atoms in total. The molecule has 0 atom stereocenters. The SMILES string of the molecule is O=C(Nc1nc(-c2cccc([N+](=O)[O-])c2)cs1)c1ccccc1I. The van der Waals surface area contributed by atoms with Crippen molar-refractivity contribution in [3.05, 3.63) is 73.2 Å². The summed E-state index contributed by atoms with van der Waals surface area (Å²) in [5.74, 6) is -0.236. The van der Waals surface area contributed by atoms with E-state index in [1.807, 2.05) is 12.1 Å². The van der Waals surface area contributed by atoms with Gasteiger partial charge >= 0.3 is 0 Å². The molecule has 1 heterocycles. The Hall–Kier alpha value is -2.33. The highest BCUT2D eigenvalue weighted by atomic mass is 127. The second-order valence-corrected chi connectivity index (χ2v) is 6.80. The topological polar surface area (TPSA) is 85.1 Å². The highest BCUT2D eigenvalue weighted by molar-refractivity contribution is 14.1. The molecule has 1 N–H and O–H groups in total. The van der Waals surface area contributed by atoms with Crippen LogP contribution in [0.3, 0.4) is 0 Å². The average molecular weight is 451 g/mol. The number of hydrogen-bond acceptors (Lipinski definition) is 5. The van der Waals surface area contributed by atoms with E-state index in [0.717, 1.165) is 3.57 Å². The lowest BCUT2D eigenvalue weighted by Gasteiger charge is -2.03. The third-order valence-corrected chi connectivity index (χ3v) is 4.89. The van der Waals surface area contributed by atoms with E-state index in [-0.39, 0.29) is 11.6 Å². The van der Waals surface area contributed by atoms with Gasteiger partial charge in [0.2, 0.25) is 0 Å². The van der Waals surface area contributed by atoms with Crippen LogP contribution in [0.2, 0.25) is 0 Å². The number of thiazole rings is 1. The first-order chi connectivity index (χ1) is 11.5. The summed E-state index contributed by atoms with van der Waals surface area (Å²) in [4.78, 5) is 27.0. The summed E-state index contributed by atoms with van der Waals surface area (Å²) in [5, 5.41) is 15.8. The van der Waals surface area contributed by atoms with Gasteiger partial charge in [0, 0.05) is 26.6 Å². The van der Waals surface area contributed by atoms with Crippen molar-refractivity contribution in [1.29, 1.82) is 0 Å². The van der Waals surface area contributed by atoms with Crippen molar-refractivity contribution < 1.29 is 9.72 Å². The second kappa shape index (κ2) is 7.05. The molecule has 3 rings (SSSR count). The number of nitro benzene ring substituents is 1. The molecule has 0 fully saturated rings. The summed E-state index contributed by atoms with van der Waals surface area (Å²) >= 11 is 3.37. The predicted octanol–water partition coefficient (Wildman–Crippen LogP) is 4.58. The number of non-ortho nitro benzene ring substituents is 1. The van der Waals surface area contributed by atoms with Gasteiger partial charge in [-0.3, -0.25) is 20.2 Å². The molecule has 0 radical (unpaired) electrons. The Balaban J connectivity index is 1.81. The van der Waals surface area contributed by atoms with E-state index in [2.05, 4.69) is 32.9 Å². The van der Waals surface area contributed by atoms with Crippen molar-refractivity contribution in [3.63, 3.8) is 0 Å². The second-order valence-electron chi connectivity index (χ2n) is 4.78. The maximum absolute atomic E-state index is 12.3. The number of carbonyl (C=O) groups excluding carboxylic acids is 1. The van der Waals surface area contributed by atoms with Crippen molar-refractivity contribution >= 4 is 50.7 Å². The fourth-order valence-electron chi connectivity index (χ4n) is 2.05. The fraction of sp³-hybridized carbons (Fsp3) is 0. The number of halogens is 1. The Morgan fingerprint density at radius 1 is 1.21 bits per heavy atom. The Bertz CT molecular complexity index is 926. The molecule has 0 saturated carbocycles. The first kappa shape index (κ1) is 16.5. The smallest absolute Gasteiger partial charge is 0.270 e. The van der Waals surface area contributed by atoms with Gasteiger partial charge in [0.05, 0.1) is 16.2 Å². The minimum Gasteiger partial charge on any atom is -0.298 e. The van der Waals surface area contributed by atoms with Crippen LogP contribution in [0.4, 0.5) is 10.8 Å². The summed E-state index contributed by atoms with van der Waals surface area (Å²) in [6, 6.07) is 13.5. The van der Waals surface area contributed by atoms with Gasteiger partial charge < -0.3 is 0 Å². The summed E-state index contributed by atoms with van der Waals surface area (Å²) < 4.78 is 0.850. The molecule has 0 bridgehead atoms. The van der Waals surface area contributed by atoms with E-state index < -0.39 is 4.92 Å². The molecule has 120 valence electrons. The third kappa shape index (κ3) is 3.60.